The second-order valence-electron chi connectivity index (χ2n) is 3.95. The van der Waals surface area contributed by atoms with Crippen LogP contribution in [0, 0.1) is 5.82 Å². The molecule has 0 spiro atoms. The molecule has 1 saturated carbocycles. The zero-order chi connectivity index (χ0) is 11.8. The maximum Gasteiger partial charge on any atom is 0.244 e. The molecule has 0 heterocycles. The first-order valence-electron chi connectivity index (χ1n) is 4.84. The average Bonchev–Trinajstić information content (AvgIpc) is 2.98. The Labute approximate surface area is 98.7 Å². The van der Waals surface area contributed by atoms with Crippen LogP contribution in [0.1, 0.15) is 12.8 Å². The van der Waals surface area contributed by atoms with Gasteiger partial charge in [-0.2, -0.15) is 0 Å². The topological polar surface area (TPSA) is 46.2 Å². The van der Waals surface area contributed by atoms with Gasteiger partial charge >= 0.3 is 0 Å². The molecule has 16 heavy (non-hydrogen) atoms. The molecule has 0 amide bonds. The summed E-state index contributed by atoms with van der Waals surface area (Å²) in [4.78, 5) is -0.327. The predicted octanol–water partition coefficient (Wildman–Crippen LogP) is 1.88. The summed E-state index contributed by atoms with van der Waals surface area (Å²) in [7, 11) is -3.81. The van der Waals surface area contributed by atoms with Crippen LogP contribution in [-0.2, 0) is 10.0 Å². The van der Waals surface area contributed by atoms with E-state index >= 15 is 0 Å². The van der Waals surface area contributed by atoms with E-state index in [4.69, 9.17) is 11.6 Å². The highest BCUT2D eigenvalue weighted by atomic mass is 35.5. The lowest BCUT2D eigenvalue weighted by Gasteiger charge is -2.14. The molecule has 1 aliphatic carbocycles. The molecule has 1 aromatic carbocycles. The van der Waals surface area contributed by atoms with E-state index in [0.29, 0.717) is 12.8 Å². The van der Waals surface area contributed by atoms with Crippen molar-refractivity contribution >= 4 is 21.6 Å². The van der Waals surface area contributed by atoms with Crippen molar-refractivity contribution in [3.05, 3.63) is 30.1 Å². The summed E-state index contributed by atoms with van der Waals surface area (Å²) < 4.78 is 39.5. The van der Waals surface area contributed by atoms with Gasteiger partial charge in [-0.05, 0) is 25.0 Å². The van der Waals surface area contributed by atoms with Crippen molar-refractivity contribution in [2.45, 2.75) is 23.3 Å². The van der Waals surface area contributed by atoms with E-state index in [2.05, 4.69) is 4.72 Å². The van der Waals surface area contributed by atoms with E-state index < -0.39 is 21.4 Å². The van der Waals surface area contributed by atoms with Crippen molar-refractivity contribution in [3.63, 3.8) is 0 Å². The van der Waals surface area contributed by atoms with Crippen molar-refractivity contribution in [1.29, 1.82) is 0 Å². The molecule has 0 unspecified atom stereocenters. The Morgan fingerprint density at radius 2 is 2.00 bits per heavy atom. The third-order valence-corrected chi connectivity index (χ3v) is 4.71. The van der Waals surface area contributed by atoms with E-state index in [0.717, 1.165) is 6.07 Å². The fourth-order valence-electron chi connectivity index (χ4n) is 1.42. The Kier molecular flexibility index (Phi) is 2.94. The molecule has 1 aliphatic rings. The van der Waals surface area contributed by atoms with Crippen molar-refractivity contribution in [3.8, 4) is 0 Å². The van der Waals surface area contributed by atoms with E-state index in [1.807, 2.05) is 0 Å². The monoisotopic (exact) mass is 263 g/mol. The zero-order valence-electron chi connectivity index (χ0n) is 8.41. The Bertz CT molecular complexity index is 499. The third-order valence-electron chi connectivity index (χ3n) is 2.59. The highest BCUT2D eigenvalue weighted by Crippen LogP contribution is 2.38. The Morgan fingerprint density at radius 3 is 2.50 bits per heavy atom. The number of halogens is 2. The van der Waals surface area contributed by atoms with Gasteiger partial charge in [0.2, 0.25) is 10.0 Å². The van der Waals surface area contributed by atoms with E-state index in [1.165, 1.54) is 18.2 Å². The SMILES string of the molecule is O=S(=O)(NC1(CCl)CC1)c1ccccc1F. The highest BCUT2D eigenvalue weighted by molar-refractivity contribution is 7.89. The predicted molar refractivity (Wildman–Crippen MR) is 59.4 cm³/mol. The van der Waals surface area contributed by atoms with Gasteiger partial charge in [-0.15, -0.1) is 11.6 Å². The first kappa shape index (κ1) is 11.8. The summed E-state index contributed by atoms with van der Waals surface area (Å²) in [5, 5.41) is 0. The van der Waals surface area contributed by atoms with E-state index in [-0.39, 0.29) is 10.8 Å². The summed E-state index contributed by atoms with van der Waals surface area (Å²) in [6.45, 7) is 0. The van der Waals surface area contributed by atoms with Crippen LogP contribution >= 0.6 is 11.6 Å². The lowest BCUT2D eigenvalue weighted by Crippen LogP contribution is -2.38. The van der Waals surface area contributed by atoms with Gasteiger partial charge < -0.3 is 0 Å². The summed E-state index contributed by atoms with van der Waals surface area (Å²) >= 11 is 5.67. The molecule has 0 aliphatic heterocycles. The molecule has 0 bridgehead atoms. The van der Waals surface area contributed by atoms with Gasteiger partial charge in [-0.25, -0.2) is 17.5 Å². The van der Waals surface area contributed by atoms with Crippen LogP contribution in [0.25, 0.3) is 0 Å². The normalized spacial score (nSPS) is 18.4. The summed E-state index contributed by atoms with van der Waals surface area (Å²) in [6.07, 6.45) is 1.40. The Morgan fingerprint density at radius 1 is 1.38 bits per heavy atom. The van der Waals surface area contributed by atoms with Gasteiger partial charge in [0.05, 0.1) is 0 Å². The molecule has 1 aromatic rings. The molecule has 1 N–H and O–H groups in total. The van der Waals surface area contributed by atoms with Crippen LogP contribution in [-0.4, -0.2) is 19.8 Å². The van der Waals surface area contributed by atoms with Crippen LogP contribution in [0.5, 0.6) is 0 Å². The molecule has 3 nitrogen and oxygen atoms in total. The van der Waals surface area contributed by atoms with Crippen LogP contribution in [0.2, 0.25) is 0 Å². The Hall–Kier alpha value is -0.650. The number of benzene rings is 1. The van der Waals surface area contributed by atoms with Gasteiger partial charge in [0.15, 0.2) is 0 Å². The average molecular weight is 264 g/mol. The smallest absolute Gasteiger partial charge is 0.207 e. The minimum absolute atomic E-state index is 0.209. The molecule has 6 heteroatoms. The van der Waals surface area contributed by atoms with Gasteiger partial charge in [0.25, 0.3) is 0 Å². The molecule has 0 aromatic heterocycles. The summed E-state index contributed by atoms with van der Waals surface area (Å²) in [6, 6.07) is 5.29. The third kappa shape index (κ3) is 2.21. The minimum Gasteiger partial charge on any atom is -0.207 e. The highest BCUT2D eigenvalue weighted by Gasteiger charge is 2.45. The van der Waals surface area contributed by atoms with Crippen LogP contribution in [0.4, 0.5) is 4.39 Å². The molecule has 0 radical (unpaired) electrons. The van der Waals surface area contributed by atoms with E-state index in [1.54, 1.807) is 0 Å². The molecule has 2 rings (SSSR count). The van der Waals surface area contributed by atoms with E-state index in [9.17, 15) is 12.8 Å². The number of hydrogen-bond acceptors (Lipinski definition) is 2. The number of nitrogens with one attached hydrogen (secondary N) is 1. The zero-order valence-corrected chi connectivity index (χ0v) is 9.98. The molecule has 88 valence electrons. The van der Waals surface area contributed by atoms with Crippen molar-refractivity contribution in [2.75, 3.05) is 5.88 Å². The Balaban J connectivity index is 2.30. The first-order chi connectivity index (χ1) is 7.49. The summed E-state index contributed by atoms with van der Waals surface area (Å²) in [5.74, 6) is -0.541. The second-order valence-corrected chi connectivity index (χ2v) is 5.87. The molecule has 1 fully saturated rings. The minimum atomic E-state index is -3.81. The molecule has 0 atom stereocenters. The largest absolute Gasteiger partial charge is 0.244 e. The number of rotatable bonds is 4. The van der Waals surface area contributed by atoms with Crippen molar-refractivity contribution in [2.24, 2.45) is 0 Å². The van der Waals surface area contributed by atoms with Crippen LogP contribution < -0.4 is 4.72 Å². The van der Waals surface area contributed by atoms with Crippen LogP contribution in [0.15, 0.2) is 29.2 Å². The number of alkyl halides is 1. The summed E-state index contributed by atoms with van der Waals surface area (Å²) in [5.41, 5.74) is -0.567. The van der Waals surface area contributed by atoms with Gasteiger partial charge in [0.1, 0.15) is 10.7 Å². The van der Waals surface area contributed by atoms with Gasteiger partial charge in [-0.3, -0.25) is 0 Å². The number of hydrogen-bond donors (Lipinski definition) is 1. The lowest BCUT2D eigenvalue weighted by atomic mass is 10.3. The fraction of sp³-hybridized carbons (Fsp3) is 0.400. The van der Waals surface area contributed by atoms with Gasteiger partial charge in [-0.1, -0.05) is 12.1 Å². The maximum absolute atomic E-state index is 13.3. The van der Waals surface area contributed by atoms with Crippen molar-refractivity contribution in [1.82, 2.24) is 4.72 Å². The first-order valence-corrected chi connectivity index (χ1v) is 6.85. The lowest BCUT2D eigenvalue weighted by molar-refractivity contribution is 0.541. The molecular weight excluding hydrogens is 253 g/mol. The van der Waals surface area contributed by atoms with Crippen LogP contribution in [0.3, 0.4) is 0 Å². The fourth-order valence-corrected chi connectivity index (χ4v) is 3.37. The maximum atomic E-state index is 13.3. The standard InChI is InChI=1S/C10H11ClFNO2S/c11-7-10(5-6-10)13-16(14,15)9-4-2-1-3-8(9)12/h1-4,13H,5-7H2. The molecule has 0 saturated heterocycles. The molecular formula is C10H11ClFNO2S. The van der Waals surface area contributed by atoms with Gasteiger partial charge in [0, 0.05) is 11.4 Å². The quantitative estimate of drug-likeness (QED) is 0.843. The van der Waals surface area contributed by atoms with Crippen molar-refractivity contribution < 1.29 is 12.8 Å². The second kappa shape index (κ2) is 3.98. The number of sulfonamides is 1.